The van der Waals surface area contributed by atoms with Crippen LogP contribution in [0.2, 0.25) is 0 Å². The standard InChI is InChI=1S/C11H22N2O4/c1-5-17-7-6-13(4)10(16)12-11(2,3)8-9(14)15/h5-8H2,1-4H3,(H,12,16)(H,14,15). The molecule has 0 aromatic rings. The van der Waals surface area contributed by atoms with Crippen molar-refractivity contribution in [2.24, 2.45) is 0 Å². The van der Waals surface area contributed by atoms with E-state index in [1.807, 2.05) is 6.92 Å². The summed E-state index contributed by atoms with van der Waals surface area (Å²) in [7, 11) is 1.64. The van der Waals surface area contributed by atoms with Gasteiger partial charge in [0.15, 0.2) is 0 Å². The van der Waals surface area contributed by atoms with E-state index in [0.717, 1.165) is 0 Å². The largest absolute Gasteiger partial charge is 0.481 e. The summed E-state index contributed by atoms with van der Waals surface area (Å²) in [6.07, 6.45) is -0.113. The minimum atomic E-state index is -0.938. The number of ether oxygens (including phenoxy) is 1. The zero-order valence-electron chi connectivity index (χ0n) is 10.9. The Morgan fingerprint density at radius 2 is 2.00 bits per heavy atom. The number of aliphatic carboxylic acids is 1. The van der Waals surface area contributed by atoms with E-state index in [1.165, 1.54) is 4.90 Å². The molecule has 0 unspecified atom stereocenters. The number of nitrogens with zero attached hydrogens (tertiary/aromatic N) is 1. The Balaban J connectivity index is 4.09. The first-order valence-corrected chi connectivity index (χ1v) is 5.61. The Labute approximate surface area is 102 Å². The lowest BCUT2D eigenvalue weighted by molar-refractivity contribution is -0.138. The molecule has 0 aromatic carbocycles. The maximum atomic E-state index is 11.7. The number of nitrogens with one attached hydrogen (secondary N) is 1. The van der Waals surface area contributed by atoms with E-state index >= 15 is 0 Å². The van der Waals surface area contributed by atoms with Gasteiger partial charge in [-0.15, -0.1) is 0 Å². The molecule has 0 bridgehead atoms. The molecular formula is C11H22N2O4. The summed E-state index contributed by atoms with van der Waals surface area (Å²) in [6, 6.07) is -0.295. The summed E-state index contributed by atoms with van der Waals surface area (Å²) in [5.41, 5.74) is -0.761. The van der Waals surface area contributed by atoms with Gasteiger partial charge in [0.2, 0.25) is 0 Å². The second-order valence-electron chi connectivity index (χ2n) is 4.50. The number of hydrogen-bond donors (Lipinski definition) is 2. The van der Waals surface area contributed by atoms with Crippen molar-refractivity contribution in [3.63, 3.8) is 0 Å². The van der Waals surface area contributed by atoms with Crippen LogP contribution < -0.4 is 5.32 Å². The number of carboxylic acid groups (broad SMARTS) is 1. The van der Waals surface area contributed by atoms with E-state index in [-0.39, 0.29) is 12.5 Å². The van der Waals surface area contributed by atoms with Crippen LogP contribution >= 0.6 is 0 Å². The van der Waals surface area contributed by atoms with Gasteiger partial charge in [-0.25, -0.2) is 4.79 Å². The van der Waals surface area contributed by atoms with E-state index in [2.05, 4.69) is 5.32 Å². The van der Waals surface area contributed by atoms with E-state index < -0.39 is 11.5 Å². The smallest absolute Gasteiger partial charge is 0.317 e. The van der Waals surface area contributed by atoms with E-state index in [4.69, 9.17) is 9.84 Å². The molecule has 2 N–H and O–H groups in total. The Hall–Kier alpha value is -1.30. The monoisotopic (exact) mass is 246 g/mol. The lowest BCUT2D eigenvalue weighted by atomic mass is 10.0. The van der Waals surface area contributed by atoms with Crippen molar-refractivity contribution in [3.8, 4) is 0 Å². The third-order valence-corrected chi connectivity index (χ3v) is 2.16. The third kappa shape index (κ3) is 7.57. The molecule has 6 heteroatoms. The fourth-order valence-corrected chi connectivity index (χ4v) is 1.25. The number of carboxylic acids is 1. The van der Waals surface area contributed by atoms with Crippen LogP contribution in [0.1, 0.15) is 27.2 Å². The zero-order chi connectivity index (χ0) is 13.5. The Morgan fingerprint density at radius 3 is 2.47 bits per heavy atom. The first-order chi connectivity index (χ1) is 7.78. The highest BCUT2D eigenvalue weighted by Crippen LogP contribution is 2.08. The fourth-order valence-electron chi connectivity index (χ4n) is 1.25. The molecule has 0 radical (unpaired) electrons. The topological polar surface area (TPSA) is 78.9 Å². The molecule has 0 heterocycles. The first kappa shape index (κ1) is 15.7. The molecular weight excluding hydrogens is 224 g/mol. The third-order valence-electron chi connectivity index (χ3n) is 2.16. The molecule has 0 rings (SSSR count). The van der Waals surface area contributed by atoms with Crippen LogP contribution in [0.25, 0.3) is 0 Å². The van der Waals surface area contributed by atoms with Crippen molar-refractivity contribution < 1.29 is 19.4 Å². The Kier molecular flexibility index (Phi) is 6.57. The van der Waals surface area contributed by atoms with Gasteiger partial charge < -0.3 is 20.1 Å². The Morgan fingerprint density at radius 1 is 1.41 bits per heavy atom. The maximum Gasteiger partial charge on any atom is 0.317 e. The molecule has 100 valence electrons. The van der Waals surface area contributed by atoms with Gasteiger partial charge in [-0.2, -0.15) is 0 Å². The fraction of sp³-hybridized carbons (Fsp3) is 0.818. The molecule has 0 saturated carbocycles. The van der Waals surface area contributed by atoms with Crippen LogP contribution in [0.5, 0.6) is 0 Å². The molecule has 2 amide bonds. The highest BCUT2D eigenvalue weighted by atomic mass is 16.5. The van der Waals surface area contributed by atoms with Gasteiger partial charge in [0.1, 0.15) is 0 Å². The van der Waals surface area contributed by atoms with Gasteiger partial charge in [0.25, 0.3) is 0 Å². The van der Waals surface area contributed by atoms with Crippen molar-refractivity contribution in [2.75, 3.05) is 26.8 Å². The average Bonchev–Trinajstić information content (AvgIpc) is 2.14. The lowest BCUT2D eigenvalue weighted by Crippen LogP contribution is -2.50. The quantitative estimate of drug-likeness (QED) is 0.655. The molecule has 0 aromatic heterocycles. The second-order valence-corrected chi connectivity index (χ2v) is 4.50. The molecule has 0 saturated heterocycles. The summed E-state index contributed by atoms with van der Waals surface area (Å²) in [5.74, 6) is -0.938. The SMILES string of the molecule is CCOCCN(C)C(=O)NC(C)(C)CC(=O)O. The van der Waals surface area contributed by atoms with Crippen LogP contribution in [0.15, 0.2) is 0 Å². The normalized spacial score (nSPS) is 11.1. The molecule has 0 aliphatic rings. The summed E-state index contributed by atoms with van der Waals surface area (Å²) >= 11 is 0. The summed E-state index contributed by atoms with van der Waals surface area (Å²) in [5, 5.41) is 11.4. The van der Waals surface area contributed by atoms with E-state index in [9.17, 15) is 9.59 Å². The van der Waals surface area contributed by atoms with Gasteiger partial charge in [0, 0.05) is 25.7 Å². The van der Waals surface area contributed by atoms with Crippen LogP contribution in [0, 0.1) is 0 Å². The van der Waals surface area contributed by atoms with Crippen LogP contribution in [-0.2, 0) is 9.53 Å². The van der Waals surface area contributed by atoms with Crippen molar-refractivity contribution in [1.29, 1.82) is 0 Å². The van der Waals surface area contributed by atoms with Gasteiger partial charge in [0.05, 0.1) is 13.0 Å². The average molecular weight is 246 g/mol. The molecule has 0 atom stereocenters. The van der Waals surface area contributed by atoms with Gasteiger partial charge in [-0.05, 0) is 20.8 Å². The molecule has 0 aliphatic carbocycles. The first-order valence-electron chi connectivity index (χ1n) is 5.61. The molecule has 0 aliphatic heterocycles. The number of rotatable bonds is 7. The molecule has 6 nitrogen and oxygen atoms in total. The second kappa shape index (κ2) is 7.11. The molecule has 0 fully saturated rings. The summed E-state index contributed by atoms with van der Waals surface area (Å²) < 4.78 is 5.13. The van der Waals surface area contributed by atoms with Crippen LogP contribution in [0.3, 0.4) is 0 Å². The Bertz CT molecular complexity index is 266. The van der Waals surface area contributed by atoms with Crippen molar-refractivity contribution >= 4 is 12.0 Å². The maximum absolute atomic E-state index is 11.7. The highest BCUT2D eigenvalue weighted by molar-refractivity contribution is 5.76. The number of carbonyl (C=O) groups excluding carboxylic acids is 1. The van der Waals surface area contributed by atoms with Crippen molar-refractivity contribution in [3.05, 3.63) is 0 Å². The number of amides is 2. The van der Waals surface area contributed by atoms with Crippen LogP contribution in [-0.4, -0.2) is 54.4 Å². The molecule has 17 heavy (non-hydrogen) atoms. The summed E-state index contributed by atoms with van der Waals surface area (Å²) in [6.45, 7) is 6.80. The number of urea groups is 1. The minimum Gasteiger partial charge on any atom is -0.481 e. The number of likely N-dealkylation sites (N-methyl/N-ethyl adjacent to an activating group) is 1. The van der Waals surface area contributed by atoms with Gasteiger partial charge in [-0.1, -0.05) is 0 Å². The highest BCUT2D eigenvalue weighted by Gasteiger charge is 2.25. The lowest BCUT2D eigenvalue weighted by Gasteiger charge is -2.27. The van der Waals surface area contributed by atoms with Crippen LogP contribution in [0.4, 0.5) is 4.79 Å². The number of hydrogen-bond acceptors (Lipinski definition) is 3. The zero-order valence-corrected chi connectivity index (χ0v) is 10.9. The predicted octanol–water partition coefficient (Wildman–Crippen LogP) is 0.918. The predicted molar refractivity (Wildman–Crippen MR) is 64.0 cm³/mol. The minimum absolute atomic E-state index is 0.113. The number of carbonyl (C=O) groups is 2. The summed E-state index contributed by atoms with van der Waals surface area (Å²) in [4.78, 5) is 23.8. The van der Waals surface area contributed by atoms with Crippen molar-refractivity contribution in [2.45, 2.75) is 32.7 Å². The van der Waals surface area contributed by atoms with Gasteiger partial charge >= 0.3 is 12.0 Å². The van der Waals surface area contributed by atoms with Gasteiger partial charge in [-0.3, -0.25) is 4.79 Å². The molecule has 0 spiro atoms. The van der Waals surface area contributed by atoms with Crippen molar-refractivity contribution in [1.82, 2.24) is 10.2 Å². The van der Waals surface area contributed by atoms with E-state index in [0.29, 0.717) is 19.8 Å². The van der Waals surface area contributed by atoms with E-state index in [1.54, 1.807) is 20.9 Å².